The van der Waals surface area contributed by atoms with Crippen LogP contribution in [-0.2, 0) is 6.42 Å². The second kappa shape index (κ2) is 7.73. The summed E-state index contributed by atoms with van der Waals surface area (Å²) >= 11 is 4.55. The molecular weight excluding hydrogens is 290 g/mol. The largest absolute Gasteiger partial charge is 0.351 e. The van der Waals surface area contributed by atoms with Gasteiger partial charge in [-0.2, -0.15) is 0 Å². The van der Waals surface area contributed by atoms with Gasteiger partial charge in [-0.05, 0) is 30.8 Å². The molecule has 0 aromatic carbocycles. The normalized spacial score (nSPS) is 10.4. The Bertz CT molecular complexity index is 330. The minimum Gasteiger partial charge on any atom is -0.351 e. The molecule has 0 saturated heterocycles. The van der Waals surface area contributed by atoms with Crippen LogP contribution in [0.4, 0.5) is 0 Å². The van der Waals surface area contributed by atoms with E-state index in [0.717, 1.165) is 43.3 Å². The first kappa shape index (κ1) is 13.6. The van der Waals surface area contributed by atoms with Gasteiger partial charge in [-0.25, -0.2) is 0 Å². The van der Waals surface area contributed by atoms with Gasteiger partial charge >= 0.3 is 0 Å². The average Bonchev–Trinajstić information content (AvgIpc) is 2.76. The lowest BCUT2D eigenvalue weighted by atomic mass is 10.2. The van der Waals surface area contributed by atoms with Crippen molar-refractivity contribution in [2.45, 2.75) is 32.6 Å². The number of hydrogen-bond acceptors (Lipinski definition) is 4. The Balaban J connectivity index is 2.30. The summed E-state index contributed by atoms with van der Waals surface area (Å²) < 4.78 is 3.80. The molecule has 0 aliphatic rings. The first-order valence-corrected chi connectivity index (χ1v) is 7.34. The Hall–Kier alpha value is -0.490. The zero-order valence-corrected chi connectivity index (χ0v) is 11.7. The molecule has 0 saturated carbocycles. The second-order valence-corrected chi connectivity index (χ2v) is 4.95. The van der Waals surface area contributed by atoms with Crippen molar-refractivity contribution in [2.24, 2.45) is 0 Å². The van der Waals surface area contributed by atoms with Crippen molar-refractivity contribution in [1.29, 1.82) is 0 Å². The van der Waals surface area contributed by atoms with Gasteiger partial charge in [0.1, 0.15) is 4.88 Å². The molecule has 1 aromatic heterocycles. The van der Waals surface area contributed by atoms with Crippen LogP contribution in [0.5, 0.6) is 0 Å². The SMILES string of the molecule is CCc1nnsc1C(=O)NCCCCCBr. The average molecular weight is 306 g/mol. The van der Waals surface area contributed by atoms with E-state index < -0.39 is 0 Å². The molecule has 6 heteroatoms. The third kappa shape index (κ3) is 4.17. The number of halogens is 1. The minimum absolute atomic E-state index is 0.0364. The molecule has 1 amide bonds. The molecule has 4 nitrogen and oxygen atoms in total. The highest BCUT2D eigenvalue weighted by molar-refractivity contribution is 9.09. The maximum atomic E-state index is 11.7. The molecule has 0 unspecified atom stereocenters. The maximum Gasteiger partial charge on any atom is 0.264 e. The van der Waals surface area contributed by atoms with Crippen LogP contribution in [0.15, 0.2) is 0 Å². The highest BCUT2D eigenvalue weighted by Gasteiger charge is 2.13. The van der Waals surface area contributed by atoms with E-state index in [2.05, 4.69) is 30.8 Å². The molecule has 0 radical (unpaired) electrons. The van der Waals surface area contributed by atoms with E-state index in [-0.39, 0.29) is 5.91 Å². The number of carbonyl (C=O) groups is 1. The van der Waals surface area contributed by atoms with Crippen LogP contribution in [0, 0.1) is 0 Å². The number of nitrogens with zero attached hydrogens (tertiary/aromatic N) is 2. The van der Waals surface area contributed by atoms with E-state index in [1.54, 1.807) is 0 Å². The molecule has 1 aromatic rings. The van der Waals surface area contributed by atoms with Gasteiger partial charge in [0, 0.05) is 11.9 Å². The number of nitrogens with one attached hydrogen (secondary N) is 1. The fourth-order valence-electron chi connectivity index (χ4n) is 1.29. The fraction of sp³-hybridized carbons (Fsp3) is 0.700. The summed E-state index contributed by atoms with van der Waals surface area (Å²) in [6.45, 7) is 2.70. The van der Waals surface area contributed by atoms with Crippen LogP contribution >= 0.6 is 27.5 Å². The summed E-state index contributed by atoms with van der Waals surface area (Å²) in [5.41, 5.74) is 0.794. The highest BCUT2D eigenvalue weighted by atomic mass is 79.9. The summed E-state index contributed by atoms with van der Waals surface area (Å²) in [7, 11) is 0. The molecule has 0 fully saturated rings. The zero-order chi connectivity index (χ0) is 11.8. The van der Waals surface area contributed by atoms with Gasteiger partial charge in [-0.3, -0.25) is 4.79 Å². The fourth-order valence-corrected chi connectivity index (χ4v) is 2.35. The number of carbonyl (C=O) groups excluding carboxylic acids is 1. The zero-order valence-electron chi connectivity index (χ0n) is 9.33. The van der Waals surface area contributed by atoms with Crippen LogP contribution < -0.4 is 5.32 Å². The number of unbranched alkanes of at least 4 members (excludes halogenated alkanes) is 2. The maximum absolute atomic E-state index is 11.7. The lowest BCUT2D eigenvalue weighted by Gasteiger charge is -2.03. The Morgan fingerprint density at radius 2 is 2.25 bits per heavy atom. The standard InChI is InChI=1S/C10H16BrN3OS/c1-2-8-9(16-14-13-8)10(15)12-7-5-3-4-6-11/h2-7H2,1H3,(H,12,15). The van der Waals surface area contributed by atoms with Gasteiger partial charge < -0.3 is 5.32 Å². The number of hydrogen-bond donors (Lipinski definition) is 1. The van der Waals surface area contributed by atoms with Gasteiger partial charge in [0.2, 0.25) is 0 Å². The Morgan fingerprint density at radius 3 is 2.94 bits per heavy atom. The topological polar surface area (TPSA) is 54.9 Å². The van der Waals surface area contributed by atoms with Crippen LogP contribution in [0.2, 0.25) is 0 Å². The molecule has 16 heavy (non-hydrogen) atoms. The van der Waals surface area contributed by atoms with Crippen molar-refractivity contribution >= 4 is 33.4 Å². The first-order valence-electron chi connectivity index (χ1n) is 5.45. The van der Waals surface area contributed by atoms with Crippen molar-refractivity contribution in [3.63, 3.8) is 0 Å². The molecule has 0 bridgehead atoms. The molecule has 1 heterocycles. The molecule has 1 N–H and O–H groups in total. The number of aromatic nitrogens is 2. The van der Waals surface area contributed by atoms with E-state index >= 15 is 0 Å². The molecule has 0 aliphatic carbocycles. The Kier molecular flexibility index (Phi) is 6.56. The lowest BCUT2D eigenvalue weighted by Crippen LogP contribution is -2.24. The van der Waals surface area contributed by atoms with Crippen LogP contribution in [0.1, 0.15) is 41.6 Å². The predicted molar refractivity (Wildman–Crippen MR) is 69.3 cm³/mol. The van der Waals surface area contributed by atoms with E-state index in [4.69, 9.17) is 0 Å². The van der Waals surface area contributed by atoms with Gasteiger partial charge in [0.25, 0.3) is 5.91 Å². The summed E-state index contributed by atoms with van der Waals surface area (Å²) in [5, 5.41) is 7.84. The van der Waals surface area contributed by atoms with E-state index in [1.807, 2.05) is 6.92 Å². The molecule has 0 spiro atoms. The number of alkyl halides is 1. The van der Waals surface area contributed by atoms with Crippen LogP contribution in [0.25, 0.3) is 0 Å². The van der Waals surface area contributed by atoms with Gasteiger partial charge in [0.15, 0.2) is 0 Å². The third-order valence-electron chi connectivity index (χ3n) is 2.19. The molecule has 1 rings (SSSR count). The lowest BCUT2D eigenvalue weighted by molar-refractivity contribution is 0.0956. The Labute approximate surface area is 108 Å². The van der Waals surface area contributed by atoms with Gasteiger partial charge in [-0.1, -0.05) is 33.8 Å². The first-order chi connectivity index (χ1) is 7.79. The van der Waals surface area contributed by atoms with E-state index in [0.29, 0.717) is 4.88 Å². The number of rotatable bonds is 7. The van der Waals surface area contributed by atoms with E-state index in [9.17, 15) is 4.79 Å². The summed E-state index contributed by atoms with van der Waals surface area (Å²) in [6.07, 6.45) is 4.05. The van der Waals surface area contributed by atoms with Crippen molar-refractivity contribution in [3.05, 3.63) is 10.6 Å². The molecular formula is C10H16BrN3OS. The van der Waals surface area contributed by atoms with E-state index in [1.165, 1.54) is 11.5 Å². The molecule has 90 valence electrons. The highest BCUT2D eigenvalue weighted by Crippen LogP contribution is 2.10. The van der Waals surface area contributed by atoms with Crippen molar-refractivity contribution in [3.8, 4) is 0 Å². The quantitative estimate of drug-likeness (QED) is 0.621. The van der Waals surface area contributed by atoms with Gasteiger partial charge in [-0.15, -0.1) is 5.10 Å². The van der Waals surface area contributed by atoms with Gasteiger partial charge in [0.05, 0.1) is 5.69 Å². The number of aryl methyl sites for hydroxylation is 1. The minimum atomic E-state index is -0.0364. The summed E-state index contributed by atoms with van der Waals surface area (Å²) in [5.74, 6) is -0.0364. The van der Waals surface area contributed by atoms with Crippen molar-refractivity contribution in [1.82, 2.24) is 14.9 Å². The summed E-state index contributed by atoms with van der Waals surface area (Å²) in [6, 6.07) is 0. The predicted octanol–water partition coefficient (Wildman–Crippen LogP) is 2.40. The molecule has 0 atom stereocenters. The van der Waals surface area contributed by atoms with Crippen LogP contribution in [-0.4, -0.2) is 27.4 Å². The summed E-state index contributed by atoms with van der Waals surface area (Å²) in [4.78, 5) is 12.4. The smallest absolute Gasteiger partial charge is 0.264 e. The van der Waals surface area contributed by atoms with Crippen molar-refractivity contribution < 1.29 is 4.79 Å². The van der Waals surface area contributed by atoms with Crippen LogP contribution in [0.3, 0.4) is 0 Å². The second-order valence-electron chi connectivity index (χ2n) is 3.41. The third-order valence-corrected chi connectivity index (χ3v) is 3.52. The number of amides is 1. The Morgan fingerprint density at radius 1 is 1.44 bits per heavy atom. The monoisotopic (exact) mass is 305 g/mol. The van der Waals surface area contributed by atoms with Crippen molar-refractivity contribution in [2.75, 3.05) is 11.9 Å². The molecule has 0 aliphatic heterocycles.